The molecule has 9 aromatic rings. The first-order valence-electron chi connectivity index (χ1n) is 18.8. The summed E-state index contributed by atoms with van der Waals surface area (Å²) in [5.74, 6) is 0. The van der Waals surface area contributed by atoms with Crippen molar-refractivity contribution in [2.75, 3.05) is 0 Å². The lowest BCUT2D eigenvalue weighted by molar-refractivity contribution is 0.627. The summed E-state index contributed by atoms with van der Waals surface area (Å²) in [4.78, 5) is 4.73. The van der Waals surface area contributed by atoms with Gasteiger partial charge in [-0.25, -0.2) is 0 Å². The van der Waals surface area contributed by atoms with Gasteiger partial charge in [-0.1, -0.05) is 194 Å². The Hall–Kier alpha value is -6.83. The van der Waals surface area contributed by atoms with Gasteiger partial charge in [-0.3, -0.25) is 4.98 Å². The maximum Gasteiger partial charge on any atom is 0.0780 e. The average molecular weight is 686 g/mol. The Morgan fingerprint density at radius 1 is 0.315 bits per heavy atom. The normalized spacial score (nSPS) is 17.8. The Kier molecular flexibility index (Phi) is 6.75. The molecule has 0 radical (unpaired) electrons. The number of aromatic nitrogens is 1. The number of fused-ring (bicyclic) bond motifs is 6. The number of pyridine rings is 1. The Morgan fingerprint density at radius 3 is 1.63 bits per heavy atom. The van der Waals surface area contributed by atoms with Crippen molar-refractivity contribution >= 4 is 10.9 Å². The monoisotopic (exact) mass is 685 g/mol. The van der Waals surface area contributed by atoms with Gasteiger partial charge in [0, 0.05) is 17.1 Å². The highest BCUT2D eigenvalue weighted by Crippen LogP contribution is 2.65. The van der Waals surface area contributed by atoms with Crippen LogP contribution in [0.5, 0.6) is 0 Å². The molecular weight excluding hydrogens is 651 g/mol. The summed E-state index contributed by atoms with van der Waals surface area (Å²) in [6.45, 7) is 0. The van der Waals surface area contributed by atoms with Crippen LogP contribution < -0.4 is 0 Å². The molecule has 11 rings (SSSR count). The molecule has 1 unspecified atom stereocenters. The van der Waals surface area contributed by atoms with Crippen molar-refractivity contribution in [2.45, 2.75) is 10.8 Å². The molecule has 1 nitrogen and oxygen atoms in total. The highest BCUT2D eigenvalue weighted by Gasteiger charge is 2.57. The van der Waals surface area contributed by atoms with E-state index >= 15 is 0 Å². The zero-order valence-corrected chi connectivity index (χ0v) is 29.7. The fraction of sp³-hybridized carbons (Fsp3) is 0.0377. The van der Waals surface area contributed by atoms with Gasteiger partial charge in [0.25, 0.3) is 0 Å². The summed E-state index contributed by atoms with van der Waals surface area (Å²) in [6, 6.07) is 76.5. The molecule has 1 aromatic heterocycles. The van der Waals surface area contributed by atoms with E-state index in [-0.39, 0.29) is 0 Å². The first-order chi connectivity index (χ1) is 26.8. The molecule has 0 amide bonds. The molecule has 252 valence electrons. The van der Waals surface area contributed by atoms with Crippen LogP contribution in [-0.4, -0.2) is 4.98 Å². The molecule has 0 saturated carbocycles. The average Bonchev–Trinajstić information content (AvgIpc) is 3.57. The zero-order chi connectivity index (χ0) is 35.7. The van der Waals surface area contributed by atoms with Crippen molar-refractivity contribution in [1.82, 2.24) is 4.98 Å². The third kappa shape index (κ3) is 4.12. The Labute approximate surface area is 315 Å². The van der Waals surface area contributed by atoms with Gasteiger partial charge in [0.05, 0.1) is 16.3 Å². The molecule has 2 atom stereocenters. The van der Waals surface area contributed by atoms with Gasteiger partial charge in [-0.2, -0.15) is 0 Å². The third-order valence-corrected chi connectivity index (χ3v) is 12.1. The van der Waals surface area contributed by atoms with Gasteiger partial charge < -0.3 is 0 Å². The minimum atomic E-state index is -0.575. The molecule has 8 aromatic carbocycles. The van der Waals surface area contributed by atoms with Gasteiger partial charge in [0.1, 0.15) is 0 Å². The Bertz CT molecular complexity index is 2870. The minimum Gasteiger partial charge on any atom is -0.256 e. The topological polar surface area (TPSA) is 12.9 Å². The van der Waals surface area contributed by atoms with Crippen molar-refractivity contribution in [3.05, 3.63) is 257 Å². The highest BCUT2D eigenvalue weighted by molar-refractivity contribution is 5.94. The number of rotatable bonds is 5. The van der Waals surface area contributed by atoms with Gasteiger partial charge in [-0.15, -0.1) is 0 Å². The van der Waals surface area contributed by atoms with Crippen LogP contribution in [-0.2, 0) is 10.8 Å². The van der Waals surface area contributed by atoms with Crippen LogP contribution in [0, 0.1) is 0 Å². The molecular formula is C53H35N. The van der Waals surface area contributed by atoms with E-state index in [1.54, 1.807) is 0 Å². The van der Waals surface area contributed by atoms with Gasteiger partial charge in [0.2, 0.25) is 0 Å². The van der Waals surface area contributed by atoms with Crippen molar-refractivity contribution in [1.29, 1.82) is 0 Å². The number of para-hydroxylation sites is 1. The van der Waals surface area contributed by atoms with Crippen LogP contribution in [0.1, 0.15) is 44.5 Å². The molecule has 0 N–H and O–H groups in total. The lowest BCUT2D eigenvalue weighted by Crippen LogP contribution is -2.44. The van der Waals surface area contributed by atoms with Crippen molar-refractivity contribution in [3.63, 3.8) is 0 Å². The molecule has 0 aliphatic heterocycles. The lowest BCUT2D eigenvalue weighted by Gasteiger charge is -2.49. The Balaban J connectivity index is 1.18. The van der Waals surface area contributed by atoms with Crippen LogP contribution in [0.15, 0.2) is 212 Å². The summed E-state index contributed by atoms with van der Waals surface area (Å²) < 4.78 is 0. The number of nitrogens with zero attached hydrogens (tertiary/aromatic N) is 1. The van der Waals surface area contributed by atoms with Crippen molar-refractivity contribution in [2.24, 2.45) is 0 Å². The maximum absolute atomic E-state index is 4.73. The smallest absolute Gasteiger partial charge is 0.0780 e. The van der Waals surface area contributed by atoms with E-state index in [1.165, 1.54) is 66.8 Å². The van der Waals surface area contributed by atoms with Crippen LogP contribution >= 0.6 is 0 Å². The second kappa shape index (κ2) is 11.8. The van der Waals surface area contributed by atoms with E-state index in [0.717, 1.165) is 22.0 Å². The second-order valence-corrected chi connectivity index (χ2v) is 14.6. The number of hydrogen-bond donors (Lipinski definition) is 0. The molecule has 0 saturated heterocycles. The minimum absolute atomic E-state index is 0.456. The van der Waals surface area contributed by atoms with Gasteiger partial charge >= 0.3 is 0 Å². The molecule has 0 spiro atoms. The predicted molar refractivity (Wildman–Crippen MR) is 222 cm³/mol. The van der Waals surface area contributed by atoms with Crippen LogP contribution in [0.3, 0.4) is 0 Å². The highest BCUT2D eigenvalue weighted by atomic mass is 14.6. The Morgan fingerprint density at radius 2 is 0.852 bits per heavy atom. The molecule has 2 aliphatic carbocycles. The lowest BCUT2D eigenvalue weighted by atomic mass is 9.51. The molecule has 0 bridgehead atoms. The summed E-state index contributed by atoms with van der Waals surface area (Å²) in [5, 5.41) is 1.15. The van der Waals surface area contributed by atoms with Crippen molar-refractivity contribution < 1.29 is 0 Å². The fourth-order valence-electron chi connectivity index (χ4n) is 9.97. The van der Waals surface area contributed by atoms with Crippen LogP contribution in [0.4, 0.5) is 0 Å². The summed E-state index contributed by atoms with van der Waals surface area (Å²) in [7, 11) is 0. The van der Waals surface area contributed by atoms with Gasteiger partial charge in [0.15, 0.2) is 0 Å². The van der Waals surface area contributed by atoms with Crippen molar-refractivity contribution in [3.8, 4) is 33.4 Å². The maximum atomic E-state index is 4.73. The van der Waals surface area contributed by atoms with E-state index in [1.807, 2.05) is 12.3 Å². The van der Waals surface area contributed by atoms with Crippen LogP contribution in [0.25, 0.3) is 44.3 Å². The quantitative estimate of drug-likeness (QED) is 0.176. The first-order valence-corrected chi connectivity index (χ1v) is 18.8. The van der Waals surface area contributed by atoms with E-state index in [2.05, 4.69) is 200 Å². The zero-order valence-electron chi connectivity index (χ0n) is 29.7. The second-order valence-electron chi connectivity index (χ2n) is 14.6. The number of benzene rings is 8. The molecule has 1 heteroatoms. The predicted octanol–water partition coefficient (Wildman–Crippen LogP) is 12.6. The first kappa shape index (κ1) is 30.8. The van der Waals surface area contributed by atoms with Gasteiger partial charge in [-0.05, 0) is 84.5 Å². The summed E-state index contributed by atoms with van der Waals surface area (Å²) in [6.07, 6.45) is 1.88. The van der Waals surface area contributed by atoms with E-state index in [9.17, 15) is 0 Å². The molecule has 2 aliphatic rings. The van der Waals surface area contributed by atoms with Crippen LogP contribution in [0.2, 0.25) is 0 Å². The largest absolute Gasteiger partial charge is 0.256 e. The third-order valence-electron chi connectivity index (χ3n) is 12.1. The summed E-state index contributed by atoms with van der Waals surface area (Å²) >= 11 is 0. The molecule has 1 heterocycles. The summed E-state index contributed by atoms with van der Waals surface area (Å²) in [5.41, 5.74) is 17.9. The SMILES string of the molecule is c1ccc(C23c4ccccc4-c4cccc(c42)[C@@](c2ccccc2)(c2cccc(-c4ccc(-c5cccc6cccnc56)cc4)c2)c2ccccc23)cc1. The molecule has 0 fully saturated rings. The molecule has 54 heavy (non-hydrogen) atoms. The van der Waals surface area contributed by atoms with E-state index in [4.69, 9.17) is 4.98 Å². The standard InChI is InChI=1S/C53H35N/c1-3-18-40(19-4-1)52(42-22-11-16-39(35-42)36-30-32-37(33-31-36)43-24-12-15-38-17-14-34-54-51(38)43)47-27-9-10-28-48(47)53(41-20-5-2-6-21-41)46-26-8-7-23-44(46)45-25-13-29-49(52)50(45)53/h1-35H/t52-,53?/m0/s1. The van der Waals surface area contributed by atoms with E-state index in [0.29, 0.717) is 0 Å². The van der Waals surface area contributed by atoms with E-state index < -0.39 is 10.8 Å². The fourth-order valence-corrected chi connectivity index (χ4v) is 9.97. The number of hydrogen-bond acceptors (Lipinski definition) is 1.